The second kappa shape index (κ2) is 5.20. The lowest BCUT2D eigenvalue weighted by molar-refractivity contribution is 0.397. The quantitative estimate of drug-likeness (QED) is 0.778. The summed E-state index contributed by atoms with van der Waals surface area (Å²) < 4.78 is 4.93. The van der Waals surface area contributed by atoms with Crippen LogP contribution in [0.1, 0.15) is 18.5 Å². The van der Waals surface area contributed by atoms with Crippen LogP contribution in [0.25, 0.3) is 0 Å². The molecule has 1 aromatic rings. The van der Waals surface area contributed by atoms with Gasteiger partial charge in [0.15, 0.2) is 0 Å². The number of nitrogens with zero attached hydrogens (tertiary/aromatic N) is 2. The first kappa shape index (κ1) is 10.5. The third-order valence-electron chi connectivity index (χ3n) is 1.84. The average molecular weight is 191 g/mol. The molecule has 0 fully saturated rings. The Balaban J connectivity index is 2.79. The Kier molecular flexibility index (Phi) is 3.89. The normalized spacial score (nSPS) is 11.8. The second-order valence-electron chi connectivity index (χ2n) is 2.75. The van der Waals surface area contributed by atoms with E-state index in [2.05, 4.69) is 16.4 Å². The molecule has 74 valence electrons. The number of aromatic nitrogens is 1. The molecule has 4 heteroatoms. The summed E-state index contributed by atoms with van der Waals surface area (Å²) in [6.07, 6.45) is 1.65. The molecule has 0 aliphatic heterocycles. The second-order valence-corrected chi connectivity index (χ2v) is 2.75. The Hall–Kier alpha value is -1.60. The van der Waals surface area contributed by atoms with Crippen molar-refractivity contribution in [3.8, 4) is 11.9 Å². The standard InChI is InChI=1S/C10H13N3O/c1-3-12-9(6-11)8-4-5-10(14-2)13-7-8/h4-5,7,9,12H,3H2,1-2H3. The topological polar surface area (TPSA) is 57.9 Å². The lowest BCUT2D eigenvalue weighted by Gasteiger charge is -2.09. The van der Waals surface area contributed by atoms with E-state index in [1.807, 2.05) is 13.0 Å². The summed E-state index contributed by atoms with van der Waals surface area (Å²) in [6, 6.07) is 5.45. The van der Waals surface area contributed by atoms with Gasteiger partial charge in [0.1, 0.15) is 6.04 Å². The van der Waals surface area contributed by atoms with E-state index < -0.39 is 0 Å². The van der Waals surface area contributed by atoms with Gasteiger partial charge in [-0.2, -0.15) is 5.26 Å². The highest BCUT2D eigenvalue weighted by Crippen LogP contribution is 2.13. The number of hydrogen-bond acceptors (Lipinski definition) is 4. The lowest BCUT2D eigenvalue weighted by Crippen LogP contribution is -2.19. The number of pyridine rings is 1. The molecule has 1 unspecified atom stereocenters. The van der Waals surface area contributed by atoms with Gasteiger partial charge in [-0.05, 0) is 12.6 Å². The number of hydrogen-bond donors (Lipinski definition) is 1. The van der Waals surface area contributed by atoms with E-state index in [9.17, 15) is 0 Å². The van der Waals surface area contributed by atoms with Crippen molar-refractivity contribution in [3.63, 3.8) is 0 Å². The van der Waals surface area contributed by atoms with Crippen LogP contribution in [0, 0.1) is 11.3 Å². The molecule has 1 aromatic heterocycles. The number of nitrogens with one attached hydrogen (secondary N) is 1. The number of rotatable bonds is 4. The van der Waals surface area contributed by atoms with Crippen LogP contribution in [0.5, 0.6) is 5.88 Å². The third kappa shape index (κ3) is 2.44. The molecule has 1 rings (SSSR count). The van der Waals surface area contributed by atoms with Crippen LogP contribution < -0.4 is 10.1 Å². The van der Waals surface area contributed by atoms with Crippen LogP contribution >= 0.6 is 0 Å². The summed E-state index contributed by atoms with van der Waals surface area (Å²) >= 11 is 0. The third-order valence-corrected chi connectivity index (χ3v) is 1.84. The van der Waals surface area contributed by atoms with E-state index in [0.717, 1.165) is 12.1 Å². The molecule has 14 heavy (non-hydrogen) atoms. The molecule has 1 heterocycles. The molecule has 0 spiro atoms. The van der Waals surface area contributed by atoms with Crippen LogP contribution in [0.3, 0.4) is 0 Å². The van der Waals surface area contributed by atoms with Crippen LogP contribution in [0.4, 0.5) is 0 Å². The van der Waals surface area contributed by atoms with Gasteiger partial charge in [-0.25, -0.2) is 4.98 Å². The van der Waals surface area contributed by atoms with Crippen molar-refractivity contribution >= 4 is 0 Å². The molecule has 0 aromatic carbocycles. The fourth-order valence-electron chi connectivity index (χ4n) is 1.13. The van der Waals surface area contributed by atoms with Crippen LogP contribution in [0.15, 0.2) is 18.3 Å². The first-order valence-corrected chi connectivity index (χ1v) is 4.44. The number of nitriles is 1. The summed E-state index contributed by atoms with van der Waals surface area (Å²) in [5.74, 6) is 0.557. The molecular formula is C10H13N3O. The molecule has 1 atom stereocenters. The zero-order valence-electron chi connectivity index (χ0n) is 8.32. The molecule has 0 saturated heterocycles. The van der Waals surface area contributed by atoms with E-state index in [0.29, 0.717) is 5.88 Å². The molecule has 0 radical (unpaired) electrons. The molecule has 0 aliphatic rings. The van der Waals surface area contributed by atoms with Gasteiger partial charge in [-0.3, -0.25) is 5.32 Å². The summed E-state index contributed by atoms with van der Waals surface area (Å²) in [5.41, 5.74) is 0.857. The van der Waals surface area contributed by atoms with Gasteiger partial charge in [0, 0.05) is 17.8 Å². The summed E-state index contributed by atoms with van der Waals surface area (Å²) in [5, 5.41) is 11.9. The van der Waals surface area contributed by atoms with Gasteiger partial charge in [0.05, 0.1) is 13.2 Å². The minimum Gasteiger partial charge on any atom is -0.481 e. The number of methoxy groups -OCH3 is 1. The van der Waals surface area contributed by atoms with Gasteiger partial charge >= 0.3 is 0 Å². The predicted molar refractivity (Wildman–Crippen MR) is 52.8 cm³/mol. The van der Waals surface area contributed by atoms with E-state index in [1.165, 1.54) is 0 Å². The van der Waals surface area contributed by atoms with Crippen LogP contribution in [-0.4, -0.2) is 18.6 Å². The minimum atomic E-state index is -0.293. The first-order valence-electron chi connectivity index (χ1n) is 4.44. The van der Waals surface area contributed by atoms with E-state index in [1.54, 1.807) is 19.4 Å². The fourth-order valence-corrected chi connectivity index (χ4v) is 1.13. The molecule has 0 bridgehead atoms. The fraction of sp³-hybridized carbons (Fsp3) is 0.400. The maximum atomic E-state index is 8.87. The molecule has 0 aliphatic carbocycles. The Labute approximate surface area is 83.5 Å². The summed E-state index contributed by atoms with van der Waals surface area (Å²) in [6.45, 7) is 2.71. The van der Waals surface area contributed by atoms with Gasteiger partial charge in [-0.1, -0.05) is 6.92 Å². The molecule has 4 nitrogen and oxygen atoms in total. The Morgan fingerprint density at radius 3 is 2.86 bits per heavy atom. The highest BCUT2D eigenvalue weighted by atomic mass is 16.5. The van der Waals surface area contributed by atoms with Crippen LogP contribution in [-0.2, 0) is 0 Å². The summed E-state index contributed by atoms with van der Waals surface area (Å²) in [7, 11) is 1.56. The van der Waals surface area contributed by atoms with Crippen molar-refractivity contribution in [2.45, 2.75) is 13.0 Å². The van der Waals surface area contributed by atoms with Crippen molar-refractivity contribution in [1.82, 2.24) is 10.3 Å². The smallest absolute Gasteiger partial charge is 0.212 e. The zero-order chi connectivity index (χ0) is 10.4. The highest BCUT2D eigenvalue weighted by Gasteiger charge is 2.08. The molecule has 0 saturated carbocycles. The number of ether oxygens (including phenoxy) is 1. The van der Waals surface area contributed by atoms with Crippen molar-refractivity contribution in [3.05, 3.63) is 23.9 Å². The van der Waals surface area contributed by atoms with Gasteiger partial charge in [-0.15, -0.1) is 0 Å². The SMILES string of the molecule is CCNC(C#N)c1ccc(OC)nc1. The Bertz CT molecular complexity index is 315. The first-order chi connectivity index (χ1) is 6.81. The van der Waals surface area contributed by atoms with Crippen molar-refractivity contribution in [1.29, 1.82) is 5.26 Å². The maximum Gasteiger partial charge on any atom is 0.212 e. The minimum absolute atomic E-state index is 0.293. The summed E-state index contributed by atoms with van der Waals surface area (Å²) in [4.78, 5) is 4.03. The van der Waals surface area contributed by atoms with Crippen molar-refractivity contribution in [2.75, 3.05) is 13.7 Å². The van der Waals surface area contributed by atoms with Gasteiger partial charge in [0.25, 0.3) is 0 Å². The van der Waals surface area contributed by atoms with Crippen molar-refractivity contribution < 1.29 is 4.74 Å². The molecule has 0 amide bonds. The molecule has 1 N–H and O–H groups in total. The Morgan fingerprint density at radius 1 is 1.64 bits per heavy atom. The van der Waals surface area contributed by atoms with Gasteiger partial charge < -0.3 is 4.74 Å². The Morgan fingerprint density at radius 2 is 2.43 bits per heavy atom. The molecular weight excluding hydrogens is 178 g/mol. The van der Waals surface area contributed by atoms with E-state index in [4.69, 9.17) is 10.00 Å². The zero-order valence-corrected chi connectivity index (χ0v) is 8.32. The monoisotopic (exact) mass is 191 g/mol. The largest absolute Gasteiger partial charge is 0.481 e. The lowest BCUT2D eigenvalue weighted by atomic mass is 10.1. The predicted octanol–water partition coefficient (Wildman–Crippen LogP) is 1.26. The highest BCUT2D eigenvalue weighted by molar-refractivity contribution is 5.24. The maximum absolute atomic E-state index is 8.87. The van der Waals surface area contributed by atoms with Gasteiger partial charge in [0.2, 0.25) is 5.88 Å². The average Bonchev–Trinajstić information content (AvgIpc) is 2.26. The van der Waals surface area contributed by atoms with Crippen LogP contribution in [0.2, 0.25) is 0 Å². The van der Waals surface area contributed by atoms with E-state index >= 15 is 0 Å². The van der Waals surface area contributed by atoms with E-state index in [-0.39, 0.29) is 6.04 Å². The van der Waals surface area contributed by atoms with Crippen molar-refractivity contribution in [2.24, 2.45) is 0 Å².